The molecule has 0 spiro atoms. The minimum Gasteiger partial charge on any atom is -0.316 e. The van der Waals surface area contributed by atoms with Crippen molar-refractivity contribution in [1.29, 1.82) is 0 Å². The summed E-state index contributed by atoms with van der Waals surface area (Å²) < 4.78 is 0. The third-order valence-electron chi connectivity index (χ3n) is 8.00. The third kappa shape index (κ3) is 2.74. The van der Waals surface area contributed by atoms with Crippen LogP contribution in [0.15, 0.2) is 84.9 Å². The number of fused-ring (bicyclic) bond motifs is 6. The molecule has 0 radical (unpaired) electrons. The van der Waals surface area contributed by atoms with E-state index in [1.807, 2.05) is 0 Å². The van der Waals surface area contributed by atoms with E-state index in [0.717, 1.165) is 25.9 Å². The van der Waals surface area contributed by atoms with E-state index in [0.29, 0.717) is 11.8 Å². The summed E-state index contributed by atoms with van der Waals surface area (Å²) in [5.41, 5.74) is 15.0. The molecule has 0 bridgehead atoms. The number of benzene rings is 4. The van der Waals surface area contributed by atoms with Gasteiger partial charge in [0.1, 0.15) is 0 Å². The summed E-state index contributed by atoms with van der Waals surface area (Å²) in [5, 5.41) is 3.81. The molecule has 7 rings (SSSR count). The minimum absolute atomic E-state index is 0.567. The Morgan fingerprint density at radius 1 is 0.500 bits per heavy atom. The van der Waals surface area contributed by atoms with Gasteiger partial charge in [0.25, 0.3) is 0 Å². The Labute approximate surface area is 190 Å². The zero-order valence-corrected chi connectivity index (χ0v) is 18.3. The molecular formula is C31H27N. The molecule has 4 aromatic rings. The lowest BCUT2D eigenvalue weighted by atomic mass is 9.78. The summed E-state index contributed by atoms with van der Waals surface area (Å²) in [7, 11) is 0. The maximum Gasteiger partial charge on any atom is 0.00207 e. The number of nitrogens with one attached hydrogen (secondary N) is 1. The average Bonchev–Trinajstić information content (AvgIpc) is 3.42. The molecule has 2 unspecified atom stereocenters. The van der Waals surface area contributed by atoms with E-state index in [1.165, 1.54) is 39.8 Å². The molecule has 1 nitrogen and oxygen atoms in total. The first-order valence-corrected chi connectivity index (χ1v) is 12.0. The van der Waals surface area contributed by atoms with E-state index in [9.17, 15) is 0 Å². The number of rotatable bonds is 2. The summed E-state index contributed by atoms with van der Waals surface area (Å²) in [6.07, 6.45) is 3.39. The van der Waals surface area contributed by atoms with Gasteiger partial charge in [-0.3, -0.25) is 0 Å². The molecule has 1 heteroatoms. The highest BCUT2D eigenvalue weighted by Crippen LogP contribution is 2.45. The average molecular weight is 414 g/mol. The Morgan fingerprint density at radius 3 is 1.50 bits per heavy atom. The second-order valence-electron chi connectivity index (χ2n) is 9.70. The van der Waals surface area contributed by atoms with E-state index in [-0.39, 0.29) is 0 Å². The van der Waals surface area contributed by atoms with Gasteiger partial charge in [-0.1, -0.05) is 84.9 Å². The van der Waals surface area contributed by atoms with Gasteiger partial charge in [0.05, 0.1) is 0 Å². The van der Waals surface area contributed by atoms with Crippen LogP contribution in [0.3, 0.4) is 0 Å². The minimum atomic E-state index is 0.567. The monoisotopic (exact) mass is 413 g/mol. The van der Waals surface area contributed by atoms with Crippen molar-refractivity contribution in [3.63, 3.8) is 0 Å². The molecule has 0 aromatic heterocycles. The van der Waals surface area contributed by atoms with Crippen LogP contribution in [0.1, 0.15) is 51.6 Å². The molecule has 1 N–H and O–H groups in total. The SMILES string of the molecule is c1ccc2c(c1)Cc1c-2cccc1C1CNCC(c2cccc3c2Cc2ccccc2-3)C1. The molecule has 1 aliphatic heterocycles. The van der Waals surface area contributed by atoms with E-state index < -0.39 is 0 Å². The second-order valence-corrected chi connectivity index (χ2v) is 9.70. The molecule has 0 saturated carbocycles. The molecule has 3 aliphatic rings. The highest BCUT2D eigenvalue weighted by molar-refractivity contribution is 5.79. The van der Waals surface area contributed by atoms with Gasteiger partial charge in [0, 0.05) is 13.1 Å². The number of piperidine rings is 1. The third-order valence-corrected chi connectivity index (χ3v) is 8.00. The van der Waals surface area contributed by atoms with Crippen LogP contribution in [0.4, 0.5) is 0 Å². The molecule has 0 amide bonds. The summed E-state index contributed by atoms with van der Waals surface area (Å²) in [6.45, 7) is 2.16. The zero-order valence-electron chi connectivity index (χ0n) is 18.3. The molecule has 156 valence electrons. The summed E-state index contributed by atoms with van der Waals surface area (Å²) in [6, 6.07) is 31.8. The molecule has 1 heterocycles. The van der Waals surface area contributed by atoms with E-state index in [2.05, 4.69) is 90.2 Å². The van der Waals surface area contributed by atoms with Gasteiger partial charge >= 0.3 is 0 Å². The number of hydrogen-bond acceptors (Lipinski definition) is 1. The molecule has 2 aliphatic carbocycles. The molecule has 1 saturated heterocycles. The van der Waals surface area contributed by atoms with Gasteiger partial charge < -0.3 is 5.32 Å². The van der Waals surface area contributed by atoms with Crippen molar-refractivity contribution >= 4 is 0 Å². The fourth-order valence-corrected chi connectivity index (χ4v) is 6.54. The van der Waals surface area contributed by atoms with Crippen LogP contribution < -0.4 is 5.32 Å². The maximum atomic E-state index is 3.81. The Bertz CT molecular complexity index is 1250. The molecule has 32 heavy (non-hydrogen) atoms. The smallest absolute Gasteiger partial charge is 0.00207 e. The van der Waals surface area contributed by atoms with Crippen molar-refractivity contribution in [3.8, 4) is 22.3 Å². The predicted octanol–water partition coefficient (Wildman–Crippen LogP) is 6.69. The zero-order chi connectivity index (χ0) is 21.1. The predicted molar refractivity (Wildman–Crippen MR) is 132 cm³/mol. The first-order chi connectivity index (χ1) is 15.9. The lowest BCUT2D eigenvalue weighted by Crippen LogP contribution is -2.34. The Hall–Kier alpha value is -3.16. The normalized spacial score (nSPS) is 20.4. The van der Waals surface area contributed by atoms with E-state index >= 15 is 0 Å². The van der Waals surface area contributed by atoms with Gasteiger partial charge in [0.15, 0.2) is 0 Å². The van der Waals surface area contributed by atoms with Crippen molar-refractivity contribution in [2.45, 2.75) is 31.1 Å². The van der Waals surface area contributed by atoms with Crippen molar-refractivity contribution in [1.82, 2.24) is 5.32 Å². The van der Waals surface area contributed by atoms with Crippen molar-refractivity contribution in [2.75, 3.05) is 13.1 Å². The largest absolute Gasteiger partial charge is 0.316 e. The fraction of sp³-hybridized carbons (Fsp3) is 0.226. The lowest BCUT2D eigenvalue weighted by Gasteiger charge is -2.33. The number of hydrogen-bond donors (Lipinski definition) is 1. The van der Waals surface area contributed by atoms with Crippen LogP contribution in [0.2, 0.25) is 0 Å². The maximum absolute atomic E-state index is 3.81. The highest BCUT2D eigenvalue weighted by Gasteiger charge is 2.31. The summed E-state index contributed by atoms with van der Waals surface area (Å²) in [5.74, 6) is 1.13. The van der Waals surface area contributed by atoms with E-state index in [4.69, 9.17) is 0 Å². The molecule has 2 atom stereocenters. The fourth-order valence-electron chi connectivity index (χ4n) is 6.54. The Kier molecular flexibility index (Phi) is 4.13. The summed E-state index contributed by atoms with van der Waals surface area (Å²) in [4.78, 5) is 0. The quantitative estimate of drug-likeness (QED) is 0.333. The van der Waals surface area contributed by atoms with Gasteiger partial charge in [-0.15, -0.1) is 0 Å². The van der Waals surface area contributed by atoms with Crippen LogP contribution in [0.5, 0.6) is 0 Å². The lowest BCUT2D eigenvalue weighted by molar-refractivity contribution is 0.411. The van der Waals surface area contributed by atoms with Gasteiger partial charge in [0.2, 0.25) is 0 Å². The highest BCUT2D eigenvalue weighted by atomic mass is 14.9. The molecular weight excluding hydrogens is 386 g/mol. The van der Waals surface area contributed by atoms with Gasteiger partial charge in [-0.25, -0.2) is 0 Å². The van der Waals surface area contributed by atoms with Crippen LogP contribution >= 0.6 is 0 Å². The van der Waals surface area contributed by atoms with Gasteiger partial charge in [-0.2, -0.15) is 0 Å². The molecule has 4 aromatic carbocycles. The second kappa shape index (κ2) is 7.18. The standard InChI is InChI=1S/C31H27N/c1-3-9-24-20(7-1)16-30-26(11-5-13-28(24)30)22-15-23(19-32-18-22)27-12-6-14-29-25-10-4-2-8-21(25)17-31(27)29/h1-14,22-23,32H,15-19H2. The van der Waals surface area contributed by atoms with Crippen LogP contribution in [-0.4, -0.2) is 13.1 Å². The molecule has 1 fully saturated rings. The van der Waals surface area contributed by atoms with Crippen LogP contribution in [0, 0.1) is 0 Å². The Morgan fingerprint density at radius 2 is 0.969 bits per heavy atom. The summed E-state index contributed by atoms with van der Waals surface area (Å²) >= 11 is 0. The van der Waals surface area contributed by atoms with Gasteiger partial charge in [-0.05, 0) is 86.7 Å². The van der Waals surface area contributed by atoms with Crippen molar-refractivity contribution < 1.29 is 0 Å². The van der Waals surface area contributed by atoms with Crippen molar-refractivity contribution in [3.05, 3.63) is 118 Å². The van der Waals surface area contributed by atoms with Crippen LogP contribution in [-0.2, 0) is 12.8 Å². The van der Waals surface area contributed by atoms with E-state index in [1.54, 1.807) is 22.3 Å². The first kappa shape index (κ1) is 18.4. The van der Waals surface area contributed by atoms with Crippen molar-refractivity contribution in [2.24, 2.45) is 0 Å². The first-order valence-electron chi connectivity index (χ1n) is 12.0. The topological polar surface area (TPSA) is 12.0 Å². The van der Waals surface area contributed by atoms with Crippen LogP contribution in [0.25, 0.3) is 22.3 Å². The Balaban J connectivity index is 1.23.